The lowest BCUT2D eigenvalue weighted by molar-refractivity contribution is -0.123. The molecule has 1 aromatic carbocycles. The van der Waals surface area contributed by atoms with Crippen molar-refractivity contribution >= 4 is 5.91 Å². The summed E-state index contributed by atoms with van der Waals surface area (Å²) in [5.41, 5.74) is 0. The number of amides is 1. The van der Waals surface area contributed by atoms with Crippen LogP contribution in [-0.2, 0) is 9.53 Å². The number of unbranched alkanes of at least 4 members (excludes halogenated alkanes) is 2. The Balaban J connectivity index is 2.22. The molecule has 1 N–H and O–H groups in total. The fourth-order valence-electron chi connectivity index (χ4n) is 1.67. The van der Waals surface area contributed by atoms with Crippen LogP contribution in [0.3, 0.4) is 0 Å². The number of carbonyl (C=O) groups is 1. The fourth-order valence-corrected chi connectivity index (χ4v) is 1.67. The molecule has 0 saturated heterocycles. The van der Waals surface area contributed by atoms with Crippen molar-refractivity contribution in [2.24, 2.45) is 0 Å². The molecule has 0 aromatic heterocycles. The van der Waals surface area contributed by atoms with Gasteiger partial charge in [-0.1, -0.05) is 19.8 Å². The van der Waals surface area contributed by atoms with Crippen LogP contribution in [0.4, 0.5) is 0 Å². The molecule has 21 heavy (non-hydrogen) atoms. The molecule has 0 aliphatic heterocycles. The highest BCUT2D eigenvalue weighted by atomic mass is 16.5. The van der Waals surface area contributed by atoms with Crippen LogP contribution < -0.4 is 14.8 Å². The predicted octanol–water partition coefficient (Wildman–Crippen LogP) is 2.40. The average Bonchev–Trinajstić information content (AvgIpc) is 2.51. The fraction of sp³-hybridized carbons (Fsp3) is 0.562. The van der Waals surface area contributed by atoms with Crippen LogP contribution in [0.2, 0.25) is 0 Å². The van der Waals surface area contributed by atoms with E-state index >= 15 is 0 Å². The van der Waals surface area contributed by atoms with Gasteiger partial charge in [0.2, 0.25) is 0 Å². The number of hydrogen-bond acceptors (Lipinski definition) is 4. The normalized spacial score (nSPS) is 10.2. The number of carbonyl (C=O) groups excluding carboxylic acids is 1. The van der Waals surface area contributed by atoms with Crippen molar-refractivity contribution in [2.45, 2.75) is 26.2 Å². The Bertz CT molecular complexity index is 392. The minimum Gasteiger partial charge on any atom is -0.494 e. The van der Waals surface area contributed by atoms with Gasteiger partial charge in [-0.2, -0.15) is 0 Å². The summed E-state index contributed by atoms with van der Waals surface area (Å²) in [6.45, 7) is 3.88. The van der Waals surface area contributed by atoms with Crippen LogP contribution in [-0.4, -0.2) is 39.4 Å². The average molecular weight is 295 g/mol. The second-order valence-corrected chi connectivity index (χ2v) is 4.66. The van der Waals surface area contributed by atoms with E-state index in [0.717, 1.165) is 18.8 Å². The molecule has 1 rings (SSSR count). The van der Waals surface area contributed by atoms with Crippen molar-refractivity contribution < 1.29 is 19.0 Å². The standard InChI is InChI=1S/C16H25NO4/c1-3-4-5-11-20-14-6-8-15(9-7-14)21-13-16(18)17-10-12-19-2/h6-9H,3-5,10-13H2,1-2H3,(H,17,18). The summed E-state index contributed by atoms with van der Waals surface area (Å²) in [5, 5.41) is 2.69. The van der Waals surface area contributed by atoms with Crippen molar-refractivity contribution in [1.82, 2.24) is 5.32 Å². The van der Waals surface area contributed by atoms with Crippen LogP contribution in [0.15, 0.2) is 24.3 Å². The lowest BCUT2D eigenvalue weighted by atomic mass is 10.3. The van der Waals surface area contributed by atoms with Crippen molar-refractivity contribution in [3.8, 4) is 11.5 Å². The molecular weight excluding hydrogens is 270 g/mol. The van der Waals surface area contributed by atoms with E-state index < -0.39 is 0 Å². The first-order chi connectivity index (χ1) is 10.3. The Morgan fingerprint density at radius 2 is 1.71 bits per heavy atom. The molecule has 0 spiro atoms. The number of hydrogen-bond donors (Lipinski definition) is 1. The molecule has 0 bridgehead atoms. The van der Waals surface area contributed by atoms with Crippen molar-refractivity contribution in [3.05, 3.63) is 24.3 Å². The maximum atomic E-state index is 11.4. The van der Waals surface area contributed by atoms with Gasteiger partial charge in [-0.3, -0.25) is 4.79 Å². The lowest BCUT2D eigenvalue weighted by Crippen LogP contribution is -2.31. The number of nitrogens with one attached hydrogen (secondary N) is 1. The molecule has 0 heterocycles. The Labute approximate surface area is 126 Å². The summed E-state index contributed by atoms with van der Waals surface area (Å²) in [6.07, 6.45) is 3.43. The van der Waals surface area contributed by atoms with E-state index in [1.165, 1.54) is 12.8 Å². The third kappa shape index (κ3) is 8.19. The first-order valence-electron chi connectivity index (χ1n) is 7.37. The predicted molar refractivity (Wildman–Crippen MR) is 81.8 cm³/mol. The third-order valence-corrected chi connectivity index (χ3v) is 2.84. The molecule has 118 valence electrons. The van der Waals surface area contributed by atoms with E-state index in [1.54, 1.807) is 19.2 Å². The van der Waals surface area contributed by atoms with Crippen molar-refractivity contribution in [1.29, 1.82) is 0 Å². The molecular formula is C16H25NO4. The van der Waals surface area contributed by atoms with Crippen molar-refractivity contribution in [2.75, 3.05) is 33.5 Å². The number of rotatable bonds is 11. The third-order valence-electron chi connectivity index (χ3n) is 2.84. The van der Waals surface area contributed by atoms with Crippen LogP contribution in [0.25, 0.3) is 0 Å². The zero-order chi connectivity index (χ0) is 15.3. The Kier molecular flexibility index (Phi) is 9.04. The molecule has 1 amide bonds. The molecule has 1 aromatic rings. The summed E-state index contributed by atoms with van der Waals surface area (Å²) >= 11 is 0. The van der Waals surface area contributed by atoms with Crippen molar-refractivity contribution in [3.63, 3.8) is 0 Å². The molecule has 5 nitrogen and oxygen atoms in total. The molecule has 0 unspecified atom stereocenters. The highest BCUT2D eigenvalue weighted by molar-refractivity contribution is 5.77. The minimum atomic E-state index is -0.160. The zero-order valence-corrected chi connectivity index (χ0v) is 12.9. The number of ether oxygens (including phenoxy) is 3. The van der Waals surface area contributed by atoms with Gasteiger partial charge in [0, 0.05) is 13.7 Å². The van der Waals surface area contributed by atoms with Gasteiger partial charge in [0.05, 0.1) is 13.2 Å². The van der Waals surface area contributed by atoms with Gasteiger partial charge in [-0.05, 0) is 30.7 Å². The number of methoxy groups -OCH3 is 1. The molecule has 0 saturated carbocycles. The van der Waals surface area contributed by atoms with Gasteiger partial charge in [-0.25, -0.2) is 0 Å². The largest absolute Gasteiger partial charge is 0.494 e. The van der Waals surface area contributed by atoms with Crippen LogP contribution in [0, 0.1) is 0 Å². The van der Waals surface area contributed by atoms with E-state index in [0.29, 0.717) is 18.9 Å². The lowest BCUT2D eigenvalue weighted by Gasteiger charge is -2.09. The minimum absolute atomic E-state index is 0.000415. The smallest absolute Gasteiger partial charge is 0.258 e. The van der Waals surface area contributed by atoms with Gasteiger partial charge in [0.15, 0.2) is 6.61 Å². The molecule has 0 aliphatic carbocycles. The second kappa shape index (κ2) is 11.0. The van der Waals surface area contributed by atoms with Crippen LogP contribution in [0.5, 0.6) is 11.5 Å². The van der Waals surface area contributed by atoms with E-state index in [-0.39, 0.29) is 12.5 Å². The van der Waals surface area contributed by atoms with Gasteiger partial charge in [0.1, 0.15) is 11.5 Å². The summed E-state index contributed by atoms with van der Waals surface area (Å²) in [5.74, 6) is 1.31. The molecule has 0 radical (unpaired) electrons. The summed E-state index contributed by atoms with van der Waals surface area (Å²) in [7, 11) is 1.59. The summed E-state index contributed by atoms with van der Waals surface area (Å²) in [4.78, 5) is 11.4. The summed E-state index contributed by atoms with van der Waals surface area (Å²) < 4.78 is 15.8. The molecule has 0 aliphatic rings. The molecule has 0 fully saturated rings. The van der Waals surface area contributed by atoms with Crippen LogP contribution >= 0.6 is 0 Å². The first-order valence-corrected chi connectivity index (χ1v) is 7.37. The van der Waals surface area contributed by atoms with Gasteiger partial charge >= 0.3 is 0 Å². The van der Waals surface area contributed by atoms with E-state index in [1.807, 2.05) is 12.1 Å². The second-order valence-electron chi connectivity index (χ2n) is 4.66. The topological polar surface area (TPSA) is 56.8 Å². The monoisotopic (exact) mass is 295 g/mol. The van der Waals surface area contributed by atoms with Gasteiger partial charge < -0.3 is 19.5 Å². The first kappa shape index (κ1) is 17.3. The zero-order valence-electron chi connectivity index (χ0n) is 12.9. The highest BCUT2D eigenvalue weighted by Crippen LogP contribution is 2.17. The quantitative estimate of drug-likeness (QED) is 0.637. The molecule has 0 atom stereocenters. The van der Waals surface area contributed by atoms with E-state index in [9.17, 15) is 4.79 Å². The maximum absolute atomic E-state index is 11.4. The Hall–Kier alpha value is -1.75. The molecule has 5 heteroatoms. The highest BCUT2D eigenvalue weighted by Gasteiger charge is 2.02. The van der Waals surface area contributed by atoms with E-state index in [4.69, 9.17) is 14.2 Å². The van der Waals surface area contributed by atoms with E-state index in [2.05, 4.69) is 12.2 Å². The summed E-state index contributed by atoms with van der Waals surface area (Å²) in [6, 6.07) is 7.31. The Morgan fingerprint density at radius 1 is 1.05 bits per heavy atom. The van der Waals surface area contributed by atoms with Crippen LogP contribution in [0.1, 0.15) is 26.2 Å². The number of benzene rings is 1. The Morgan fingerprint density at radius 3 is 2.33 bits per heavy atom. The maximum Gasteiger partial charge on any atom is 0.258 e. The van der Waals surface area contributed by atoms with Gasteiger partial charge in [0.25, 0.3) is 5.91 Å². The SMILES string of the molecule is CCCCCOc1ccc(OCC(=O)NCCOC)cc1. The van der Waals surface area contributed by atoms with Gasteiger partial charge in [-0.15, -0.1) is 0 Å².